The predicted molar refractivity (Wildman–Crippen MR) is 87.5 cm³/mol. The molecular weight excluding hydrogens is 262 g/mol. The van der Waals surface area contributed by atoms with Crippen LogP contribution in [0.5, 0.6) is 0 Å². The summed E-state index contributed by atoms with van der Waals surface area (Å²) in [6.07, 6.45) is 0.439. The maximum Gasteiger partial charge on any atom is 0.224 e. The van der Waals surface area contributed by atoms with Crippen LogP contribution < -0.4 is 5.32 Å². The molecule has 1 amide bonds. The summed E-state index contributed by atoms with van der Waals surface area (Å²) in [6.45, 7) is 9.97. The van der Waals surface area contributed by atoms with Crippen molar-refractivity contribution in [2.45, 2.75) is 27.2 Å². The first-order chi connectivity index (χ1) is 10.2. The standard InChI is InChI=1S/C17H25N3O/c1-4-20(5-2)11-10-18-17(21)12-15-13(3)19-16-9-7-6-8-14(15)16/h6-9,19H,4-5,10-12H2,1-3H3,(H,18,21). The van der Waals surface area contributed by atoms with Gasteiger partial charge in [0, 0.05) is 29.7 Å². The Kier molecular flexibility index (Phi) is 5.39. The van der Waals surface area contributed by atoms with Crippen LogP contribution >= 0.6 is 0 Å². The number of aromatic amines is 1. The normalized spacial score (nSPS) is 11.2. The minimum Gasteiger partial charge on any atom is -0.358 e. The number of amides is 1. The van der Waals surface area contributed by atoms with Crippen molar-refractivity contribution in [1.29, 1.82) is 0 Å². The SMILES string of the molecule is CCN(CC)CCNC(=O)Cc1c(C)[nH]c2ccccc12. The molecule has 2 rings (SSSR count). The zero-order chi connectivity index (χ0) is 15.2. The number of fused-ring (bicyclic) bond motifs is 1. The summed E-state index contributed by atoms with van der Waals surface area (Å²) in [5, 5.41) is 4.16. The van der Waals surface area contributed by atoms with Crippen LogP contribution in [-0.4, -0.2) is 42.0 Å². The molecule has 0 spiro atoms. The van der Waals surface area contributed by atoms with E-state index in [1.807, 2.05) is 25.1 Å². The first-order valence-electron chi connectivity index (χ1n) is 7.71. The van der Waals surface area contributed by atoms with Crippen LogP contribution in [0, 0.1) is 6.92 Å². The van der Waals surface area contributed by atoms with Gasteiger partial charge in [-0.2, -0.15) is 0 Å². The van der Waals surface area contributed by atoms with Crippen molar-refractivity contribution in [2.24, 2.45) is 0 Å². The van der Waals surface area contributed by atoms with Crippen LogP contribution in [0.25, 0.3) is 10.9 Å². The lowest BCUT2D eigenvalue weighted by atomic mass is 10.1. The fourth-order valence-corrected chi connectivity index (χ4v) is 2.68. The molecule has 1 heterocycles. The Morgan fingerprint density at radius 2 is 1.95 bits per heavy atom. The van der Waals surface area contributed by atoms with E-state index in [1.54, 1.807) is 0 Å². The number of carbonyl (C=O) groups is 1. The number of aryl methyl sites for hydroxylation is 1. The second-order valence-electron chi connectivity index (χ2n) is 5.33. The van der Waals surface area contributed by atoms with E-state index in [2.05, 4.69) is 35.1 Å². The number of rotatable bonds is 7. The monoisotopic (exact) mass is 287 g/mol. The Morgan fingerprint density at radius 1 is 1.24 bits per heavy atom. The summed E-state index contributed by atoms with van der Waals surface area (Å²) in [5.74, 6) is 0.0926. The maximum absolute atomic E-state index is 12.1. The van der Waals surface area contributed by atoms with Gasteiger partial charge in [0.2, 0.25) is 5.91 Å². The molecule has 0 saturated heterocycles. The molecule has 2 N–H and O–H groups in total. The van der Waals surface area contributed by atoms with Gasteiger partial charge >= 0.3 is 0 Å². The van der Waals surface area contributed by atoms with E-state index in [0.29, 0.717) is 13.0 Å². The molecule has 0 atom stereocenters. The second-order valence-corrected chi connectivity index (χ2v) is 5.33. The Labute approximate surface area is 126 Å². The Hall–Kier alpha value is -1.81. The number of nitrogens with zero attached hydrogens (tertiary/aromatic N) is 1. The number of likely N-dealkylation sites (N-methyl/N-ethyl adjacent to an activating group) is 1. The maximum atomic E-state index is 12.1. The number of para-hydroxylation sites is 1. The first kappa shape index (κ1) is 15.6. The molecule has 0 aliphatic rings. The molecule has 0 saturated carbocycles. The molecule has 21 heavy (non-hydrogen) atoms. The molecule has 0 radical (unpaired) electrons. The highest BCUT2D eigenvalue weighted by molar-refractivity contribution is 5.90. The largest absolute Gasteiger partial charge is 0.358 e. The number of nitrogens with one attached hydrogen (secondary N) is 2. The zero-order valence-electron chi connectivity index (χ0n) is 13.2. The molecule has 1 aromatic heterocycles. The van der Waals surface area contributed by atoms with Crippen LogP contribution in [0.3, 0.4) is 0 Å². The lowest BCUT2D eigenvalue weighted by Crippen LogP contribution is -2.35. The summed E-state index contributed by atoms with van der Waals surface area (Å²) >= 11 is 0. The molecule has 0 aliphatic carbocycles. The Bertz CT molecular complexity index is 599. The fourth-order valence-electron chi connectivity index (χ4n) is 2.68. The van der Waals surface area contributed by atoms with Gasteiger partial charge in [-0.1, -0.05) is 32.0 Å². The second kappa shape index (κ2) is 7.27. The summed E-state index contributed by atoms with van der Waals surface area (Å²) in [4.78, 5) is 17.8. The fraction of sp³-hybridized carbons (Fsp3) is 0.471. The van der Waals surface area contributed by atoms with Crippen molar-refractivity contribution in [2.75, 3.05) is 26.2 Å². The molecule has 2 aromatic rings. The third-order valence-corrected chi connectivity index (χ3v) is 4.01. The third-order valence-electron chi connectivity index (χ3n) is 4.01. The van der Waals surface area contributed by atoms with Gasteiger partial charge in [0.15, 0.2) is 0 Å². The molecule has 0 unspecified atom stereocenters. The highest BCUT2D eigenvalue weighted by atomic mass is 16.1. The number of benzene rings is 1. The molecule has 0 bridgehead atoms. The lowest BCUT2D eigenvalue weighted by molar-refractivity contribution is -0.120. The molecule has 0 aliphatic heterocycles. The van der Waals surface area contributed by atoms with Gasteiger partial charge in [0.05, 0.1) is 6.42 Å². The average Bonchev–Trinajstić information content (AvgIpc) is 2.80. The van der Waals surface area contributed by atoms with Crippen LogP contribution in [0.2, 0.25) is 0 Å². The number of H-pyrrole nitrogens is 1. The quantitative estimate of drug-likeness (QED) is 0.822. The smallest absolute Gasteiger partial charge is 0.224 e. The van der Waals surface area contributed by atoms with Crippen LogP contribution in [0.4, 0.5) is 0 Å². The lowest BCUT2D eigenvalue weighted by Gasteiger charge is -2.17. The average molecular weight is 287 g/mol. The number of aromatic nitrogens is 1. The van der Waals surface area contributed by atoms with Crippen molar-refractivity contribution in [3.8, 4) is 0 Å². The summed E-state index contributed by atoms with van der Waals surface area (Å²) < 4.78 is 0. The van der Waals surface area contributed by atoms with Crippen molar-refractivity contribution >= 4 is 16.8 Å². The first-order valence-corrected chi connectivity index (χ1v) is 7.71. The van der Waals surface area contributed by atoms with Gasteiger partial charge in [-0.25, -0.2) is 0 Å². The predicted octanol–water partition coefficient (Wildman–Crippen LogP) is 2.48. The zero-order valence-corrected chi connectivity index (χ0v) is 13.2. The summed E-state index contributed by atoms with van der Waals surface area (Å²) in [7, 11) is 0. The van der Waals surface area contributed by atoms with E-state index in [1.165, 1.54) is 0 Å². The molecule has 0 fully saturated rings. The van der Waals surface area contributed by atoms with Crippen LogP contribution in [0.15, 0.2) is 24.3 Å². The number of carbonyl (C=O) groups excluding carboxylic acids is 1. The van der Waals surface area contributed by atoms with E-state index in [-0.39, 0.29) is 5.91 Å². The van der Waals surface area contributed by atoms with Gasteiger partial charge in [0.25, 0.3) is 0 Å². The van der Waals surface area contributed by atoms with Gasteiger partial charge in [-0.15, -0.1) is 0 Å². The van der Waals surface area contributed by atoms with E-state index in [0.717, 1.165) is 41.8 Å². The highest BCUT2D eigenvalue weighted by Crippen LogP contribution is 2.22. The van der Waals surface area contributed by atoms with E-state index >= 15 is 0 Å². The molecule has 114 valence electrons. The number of hydrogen-bond acceptors (Lipinski definition) is 2. The molecule has 1 aromatic carbocycles. The minimum atomic E-state index is 0.0926. The van der Waals surface area contributed by atoms with E-state index in [4.69, 9.17) is 0 Å². The third kappa shape index (κ3) is 3.85. The summed E-state index contributed by atoms with van der Waals surface area (Å²) in [5.41, 5.74) is 3.28. The van der Waals surface area contributed by atoms with Crippen LogP contribution in [-0.2, 0) is 11.2 Å². The number of hydrogen-bond donors (Lipinski definition) is 2. The van der Waals surface area contributed by atoms with Crippen molar-refractivity contribution in [3.05, 3.63) is 35.5 Å². The minimum absolute atomic E-state index is 0.0926. The molecular formula is C17H25N3O. The molecule has 4 heteroatoms. The van der Waals surface area contributed by atoms with Crippen molar-refractivity contribution in [3.63, 3.8) is 0 Å². The molecule has 4 nitrogen and oxygen atoms in total. The summed E-state index contributed by atoms with van der Waals surface area (Å²) in [6, 6.07) is 8.13. The van der Waals surface area contributed by atoms with E-state index in [9.17, 15) is 4.79 Å². The van der Waals surface area contributed by atoms with Gasteiger partial charge in [-0.05, 0) is 31.6 Å². The van der Waals surface area contributed by atoms with Gasteiger partial charge in [-0.3, -0.25) is 4.79 Å². The Morgan fingerprint density at radius 3 is 2.67 bits per heavy atom. The van der Waals surface area contributed by atoms with E-state index < -0.39 is 0 Å². The highest BCUT2D eigenvalue weighted by Gasteiger charge is 2.12. The van der Waals surface area contributed by atoms with Crippen LogP contribution in [0.1, 0.15) is 25.1 Å². The van der Waals surface area contributed by atoms with Gasteiger partial charge in [0.1, 0.15) is 0 Å². The van der Waals surface area contributed by atoms with Gasteiger partial charge < -0.3 is 15.2 Å². The van der Waals surface area contributed by atoms with Crippen molar-refractivity contribution < 1.29 is 4.79 Å². The Balaban J connectivity index is 1.94. The van der Waals surface area contributed by atoms with Crippen molar-refractivity contribution in [1.82, 2.24) is 15.2 Å². The topological polar surface area (TPSA) is 48.1 Å².